The van der Waals surface area contributed by atoms with E-state index in [1.165, 1.54) is 40.6 Å². The molecule has 3 atom stereocenters. The Morgan fingerprint density at radius 1 is 0.941 bits per heavy atom. The van der Waals surface area contributed by atoms with Crippen molar-refractivity contribution in [3.05, 3.63) is 43.9 Å². The topological polar surface area (TPSA) is 206 Å². The van der Waals surface area contributed by atoms with Gasteiger partial charge in [-0.15, -0.1) is 22.7 Å². The molecule has 3 heterocycles. The Labute approximate surface area is 305 Å². The van der Waals surface area contributed by atoms with Crippen molar-refractivity contribution in [1.29, 1.82) is 0 Å². The summed E-state index contributed by atoms with van der Waals surface area (Å²) >= 11 is 2.70. The number of ketones is 3. The lowest BCUT2D eigenvalue weighted by molar-refractivity contribution is -0.131. The molecule has 1 aliphatic heterocycles. The first-order valence-corrected chi connectivity index (χ1v) is 18.4. The molecule has 2 aromatic heterocycles. The summed E-state index contributed by atoms with van der Waals surface area (Å²) in [7, 11) is 1.66. The Bertz CT molecular complexity index is 1640. The number of hydrogen-bond donors (Lipinski definition) is 4. The first-order chi connectivity index (χ1) is 23.9. The number of carbonyl (C=O) groups excluding carboxylic acids is 7. The number of aryl methyl sites for hydroxylation is 2. The van der Waals surface area contributed by atoms with Gasteiger partial charge >= 0.3 is 6.09 Å². The third-order valence-electron chi connectivity index (χ3n) is 7.80. The molecule has 4 N–H and O–H groups in total. The van der Waals surface area contributed by atoms with E-state index in [9.17, 15) is 33.6 Å². The molecule has 2 aromatic rings. The molecule has 4 amide bonds. The monoisotopic (exact) mass is 745 g/mol. The van der Waals surface area contributed by atoms with Gasteiger partial charge < -0.3 is 26.0 Å². The highest BCUT2D eigenvalue weighted by molar-refractivity contribution is 7.10. The van der Waals surface area contributed by atoms with Gasteiger partial charge in [0, 0.05) is 35.0 Å². The molecular formula is C34H47N7O8S2. The fourth-order valence-electron chi connectivity index (χ4n) is 4.81. The summed E-state index contributed by atoms with van der Waals surface area (Å²) in [4.78, 5) is 97.3. The van der Waals surface area contributed by atoms with Crippen molar-refractivity contribution in [2.75, 3.05) is 13.6 Å². The zero-order chi connectivity index (χ0) is 37.9. The number of nitrogens with zero attached hydrogens (tertiary/aromatic N) is 3. The predicted octanol–water partition coefficient (Wildman–Crippen LogP) is 2.63. The minimum atomic E-state index is -0.985. The number of rotatable bonds is 17. The first-order valence-electron chi connectivity index (χ1n) is 16.7. The zero-order valence-electron chi connectivity index (χ0n) is 30.0. The molecule has 3 rings (SSSR count). The summed E-state index contributed by atoms with van der Waals surface area (Å²) in [6, 6.07) is -1.53. The summed E-state index contributed by atoms with van der Waals surface area (Å²) < 4.78 is 5.46. The second kappa shape index (κ2) is 18.8. The number of Topliss-reactive ketones (excluding diaryl/α,β-unsaturated/α-hetero) is 3. The Hall–Kier alpha value is -4.35. The highest BCUT2D eigenvalue weighted by Crippen LogP contribution is 2.29. The largest absolute Gasteiger partial charge is 0.443 e. The molecule has 0 aromatic carbocycles. The van der Waals surface area contributed by atoms with Crippen LogP contribution in [0.5, 0.6) is 0 Å². The van der Waals surface area contributed by atoms with Gasteiger partial charge in [0.2, 0.25) is 23.5 Å². The number of likely N-dealkylation sites (N-methyl/N-ethyl adjacent to an activating group) is 1. The fourth-order valence-corrected chi connectivity index (χ4v) is 6.38. The van der Waals surface area contributed by atoms with E-state index in [1.54, 1.807) is 40.1 Å². The van der Waals surface area contributed by atoms with E-state index in [4.69, 9.17) is 4.74 Å². The van der Waals surface area contributed by atoms with Gasteiger partial charge in [-0.05, 0) is 67.9 Å². The van der Waals surface area contributed by atoms with E-state index in [1.807, 2.05) is 12.3 Å². The second-order valence-corrected chi connectivity index (χ2v) is 15.1. The zero-order valence-corrected chi connectivity index (χ0v) is 31.7. The van der Waals surface area contributed by atoms with Crippen LogP contribution in [0.4, 0.5) is 4.79 Å². The minimum Gasteiger partial charge on any atom is -0.443 e. The molecule has 278 valence electrons. The number of ether oxygens (including phenoxy) is 1. The van der Waals surface area contributed by atoms with E-state index in [-0.39, 0.29) is 42.9 Å². The molecular weight excluding hydrogens is 699 g/mol. The molecule has 1 saturated heterocycles. The molecule has 15 nitrogen and oxygen atoms in total. The van der Waals surface area contributed by atoms with Gasteiger partial charge in [0.05, 0.1) is 48.7 Å². The van der Waals surface area contributed by atoms with Crippen LogP contribution in [0.25, 0.3) is 0 Å². The number of aromatic nitrogens is 2. The lowest BCUT2D eigenvalue weighted by atomic mass is 10.1. The summed E-state index contributed by atoms with van der Waals surface area (Å²) in [6.45, 7) is 10.2. The number of nitrogens with one attached hydrogen (secondary N) is 4. The molecule has 1 aliphatic rings. The molecule has 0 radical (unpaired) electrons. The Kier molecular flexibility index (Phi) is 15.1. The van der Waals surface area contributed by atoms with Crippen LogP contribution in [0.2, 0.25) is 0 Å². The lowest BCUT2D eigenvalue weighted by Gasteiger charge is -2.27. The van der Waals surface area contributed by atoms with Crippen molar-refractivity contribution >= 4 is 63.8 Å². The van der Waals surface area contributed by atoms with E-state index in [0.29, 0.717) is 41.4 Å². The molecule has 3 unspecified atom stereocenters. The van der Waals surface area contributed by atoms with Gasteiger partial charge in [-0.1, -0.05) is 0 Å². The number of amides is 4. The van der Waals surface area contributed by atoms with Crippen LogP contribution < -0.4 is 21.3 Å². The Morgan fingerprint density at radius 3 is 2.25 bits per heavy atom. The van der Waals surface area contributed by atoms with E-state index in [0.717, 1.165) is 5.69 Å². The number of carbonyl (C=O) groups is 7. The average Bonchev–Trinajstić information content (AvgIpc) is 3.80. The van der Waals surface area contributed by atoms with Crippen LogP contribution in [-0.2, 0) is 48.1 Å². The Morgan fingerprint density at radius 2 is 1.59 bits per heavy atom. The second-order valence-electron chi connectivity index (χ2n) is 13.2. The SMILES string of the molecule is CNC(C)C(=O)CC(=O)NCc1nc(CCc2nc(C(=O)CNC(=O)CC(=O)C(C)NC(=O)/C=C3\CCC(C)N3C(=O)OC(C)(C)C)cs2)cs1. The minimum absolute atomic E-state index is 0.149. The van der Waals surface area contributed by atoms with Gasteiger partial charge in [0.25, 0.3) is 0 Å². The molecule has 0 spiro atoms. The average molecular weight is 746 g/mol. The molecule has 1 fully saturated rings. The van der Waals surface area contributed by atoms with E-state index in [2.05, 4.69) is 31.2 Å². The van der Waals surface area contributed by atoms with Gasteiger partial charge in [-0.2, -0.15) is 0 Å². The van der Waals surface area contributed by atoms with Crippen LogP contribution in [-0.4, -0.2) is 93.4 Å². The summed E-state index contributed by atoms with van der Waals surface area (Å²) in [5, 5.41) is 15.4. The number of likely N-dealkylation sites (tertiary alicyclic amines) is 1. The highest BCUT2D eigenvalue weighted by Gasteiger charge is 2.34. The Balaban J connectivity index is 1.39. The van der Waals surface area contributed by atoms with Gasteiger partial charge in [-0.25, -0.2) is 14.8 Å². The van der Waals surface area contributed by atoms with Crippen LogP contribution in [0, 0.1) is 0 Å². The van der Waals surface area contributed by atoms with E-state index < -0.39 is 53.6 Å². The maximum Gasteiger partial charge on any atom is 0.414 e. The van der Waals surface area contributed by atoms with Crippen LogP contribution in [0.15, 0.2) is 22.5 Å². The standard InChI is InChI=1S/C34H47N7O8S2/c1-19-8-10-23(41(19)33(48)49-34(4,5)6)12-30(47)38-21(3)26(43)14-28(45)36-15-27(44)24-18-51-31(40-24)11-9-22-17-50-32(39-22)16-37-29(46)13-25(42)20(2)35-7/h12,17-21,35H,8-11,13-16H2,1-7H3,(H,36,45)(H,37,46)(H,38,47)/b23-12+. The highest BCUT2D eigenvalue weighted by atomic mass is 32.1. The van der Waals surface area contributed by atoms with Crippen molar-refractivity contribution in [2.24, 2.45) is 0 Å². The molecule has 0 bridgehead atoms. The third-order valence-corrected chi connectivity index (χ3v) is 9.60. The number of allylic oxidation sites excluding steroid dienone is 1. The molecule has 17 heteroatoms. The predicted molar refractivity (Wildman–Crippen MR) is 191 cm³/mol. The molecule has 0 saturated carbocycles. The number of thiazole rings is 2. The maximum absolute atomic E-state index is 12.7. The third kappa shape index (κ3) is 13.4. The smallest absolute Gasteiger partial charge is 0.414 e. The normalized spacial score (nSPS) is 16.3. The quantitative estimate of drug-likeness (QED) is 0.105. The first kappa shape index (κ1) is 41.1. The van der Waals surface area contributed by atoms with Crippen molar-refractivity contribution in [3.63, 3.8) is 0 Å². The van der Waals surface area contributed by atoms with Crippen LogP contribution in [0.3, 0.4) is 0 Å². The summed E-state index contributed by atoms with van der Waals surface area (Å²) in [5.41, 5.74) is 0.788. The van der Waals surface area contributed by atoms with Gasteiger partial charge in [0.1, 0.15) is 16.3 Å². The van der Waals surface area contributed by atoms with E-state index >= 15 is 0 Å². The van der Waals surface area contributed by atoms with Gasteiger partial charge in [-0.3, -0.25) is 33.7 Å². The number of hydrogen-bond acceptors (Lipinski definition) is 13. The molecule has 51 heavy (non-hydrogen) atoms. The van der Waals surface area contributed by atoms with Crippen molar-refractivity contribution in [2.45, 2.75) is 110 Å². The van der Waals surface area contributed by atoms with Crippen LogP contribution in [0.1, 0.15) is 93.4 Å². The van der Waals surface area contributed by atoms with Gasteiger partial charge in [0.15, 0.2) is 11.6 Å². The van der Waals surface area contributed by atoms with Crippen molar-refractivity contribution in [1.82, 2.24) is 36.1 Å². The van der Waals surface area contributed by atoms with Crippen molar-refractivity contribution < 1.29 is 38.3 Å². The fraction of sp³-hybridized carbons (Fsp3) is 0.559. The lowest BCUT2D eigenvalue weighted by Crippen LogP contribution is -2.41. The summed E-state index contributed by atoms with van der Waals surface area (Å²) in [5.74, 6) is -2.77. The summed E-state index contributed by atoms with van der Waals surface area (Å²) in [6.07, 6.45) is 2.23. The van der Waals surface area contributed by atoms with Crippen molar-refractivity contribution in [3.8, 4) is 0 Å². The maximum atomic E-state index is 12.7. The van der Waals surface area contributed by atoms with Crippen LogP contribution >= 0.6 is 22.7 Å². The molecule has 0 aliphatic carbocycles.